The SMILES string of the molecule is CC(=O)OCc1ccc(C(=O)NC(C)C)c(OP(=O)(O)O)c1. The highest BCUT2D eigenvalue weighted by Gasteiger charge is 2.22. The number of benzene rings is 1. The summed E-state index contributed by atoms with van der Waals surface area (Å²) in [7, 11) is -4.83. The molecule has 0 aliphatic heterocycles. The van der Waals surface area contributed by atoms with E-state index in [-0.39, 0.29) is 24.0 Å². The highest BCUT2D eigenvalue weighted by molar-refractivity contribution is 7.46. The highest BCUT2D eigenvalue weighted by Crippen LogP contribution is 2.39. The van der Waals surface area contributed by atoms with Crippen molar-refractivity contribution in [3.8, 4) is 5.75 Å². The number of esters is 1. The topological polar surface area (TPSA) is 122 Å². The molecule has 0 unspecified atom stereocenters. The lowest BCUT2D eigenvalue weighted by Crippen LogP contribution is -2.30. The van der Waals surface area contributed by atoms with Crippen LogP contribution in [0.25, 0.3) is 0 Å². The van der Waals surface area contributed by atoms with Crippen molar-refractivity contribution in [3.63, 3.8) is 0 Å². The average molecular weight is 331 g/mol. The molecule has 0 saturated heterocycles. The summed E-state index contributed by atoms with van der Waals surface area (Å²) in [5.74, 6) is -1.31. The lowest BCUT2D eigenvalue weighted by molar-refractivity contribution is -0.142. The smallest absolute Gasteiger partial charge is 0.461 e. The van der Waals surface area contributed by atoms with E-state index >= 15 is 0 Å². The molecule has 22 heavy (non-hydrogen) atoms. The summed E-state index contributed by atoms with van der Waals surface area (Å²) in [6.45, 7) is 4.63. The van der Waals surface area contributed by atoms with Gasteiger partial charge in [-0.2, -0.15) is 0 Å². The Hall–Kier alpha value is -1.89. The average Bonchev–Trinajstić information content (AvgIpc) is 2.33. The van der Waals surface area contributed by atoms with Gasteiger partial charge in [-0.15, -0.1) is 0 Å². The van der Waals surface area contributed by atoms with E-state index in [4.69, 9.17) is 14.5 Å². The first-order chi connectivity index (χ1) is 10.1. The second kappa shape index (κ2) is 7.40. The number of carbonyl (C=O) groups is 2. The normalized spacial score (nSPS) is 11.2. The molecule has 0 aromatic heterocycles. The Morgan fingerprint density at radius 1 is 1.32 bits per heavy atom. The zero-order valence-corrected chi connectivity index (χ0v) is 13.3. The van der Waals surface area contributed by atoms with Crippen LogP contribution in [0, 0.1) is 0 Å². The van der Waals surface area contributed by atoms with E-state index in [1.807, 2.05) is 0 Å². The predicted molar refractivity (Wildman–Crippen MR) is 77.2 cm³/mol. The molecule has 8 nitrogen and oxygen atoms in total. The van der Waals surface area contributed by atoms with Crippen molar-refractivity contribution in [2.75, 3.05) is 0 Å². The molecule has 0 atom stereocenters. The minimum Gasteiger partial charge on any atom is -0.461 e. The zero-order valence-electron chi connectivity index (χ0n) is 12.4. The fourth-order valence-corrected chi connectivity index (χ4v) is 1.98. The molecule has 0 spiro atoms. The fraction of sp³-hybridized carbons (Fsp3) is 0.385. The number of phosphoric acid groups is 1. The molecule has 0 aliphatic carbocycles. The van der Waals surface area contributed by atoms with Gasteiger partial charge in [-0.3, -0.25) is 19.4 Å². The monoisotopic (exact) mass is 331 g/mol. The van der Waals surface area contributed by atoms with Gasteiger partial charge >= 0.3 is 13.8 Å². The minimum atomic E-state index is -4.83. The van der Waals surface area contributed by atoms with Crippen LogP contribution in [-0.4, -0.2) is 27.7 Å². The summed E-state index contributed by atoms with van der Waals surface area (Å²) in [5.41, 5.74) is 0.406. The van der Waals surface area contributed by atoms with Gasteiger partial charge in [-0.1, -0.05) is 6.07 Å². The molecule has 0 bridgehead atoms. The van der Waals surface area contributed by atoms with Crippen LogP contribution in [0.2, 0.25) is 0 Å². The Morgan fingerprint density at radius 3 is 2.45 bits per heavy atom. The molecule has 122 valence electrons. The maximum Gasteiger partial charge on any atom is 0.524 e. The van der Waals surface area contributed by atoms with Crippen LogP contribution < -0.4 is 9.84 Å². The second-order valence-electron chi connectivity index (χ2n) is 4.82. The third-order valence-corrected chi connectivity index (χ3v) is 2.80. The molecule has 1 rings (SSSR count). The summed E-state index contributed by atoms with van der Waals surface area (Å²) < 4.78 is 20.4. The van der Waals surface area contributed by atoms with Gasteiger partial charge in [0.05, 0.1) is 5.56 Å². The van der Waals surface area contributed by atoms with Crippen molar-refractivity contribution in [2.45, 2.75) is 33.4 Å². The number of ether oxygens (including phenoxy) is 1. The Morgan fingerprint density at radius 2 is 1.95 bits per heavy atom. The molecule has 3 N–H and O–H groups in total. The first kappa shape index (κ1) is 18.2. The molecule has 9 heteroatoms. The lowest BCUT2D eigenvalue weighted by atomic mass is 10.1. The van der Waals surface area contributed by atoms with E-state index < -0.39 is 19.7 Å². The number of carbonyl (C=O) groups excluding carboxylic acids is 2. The molecule has 1 aromatic carbocycles. The largest absolute Gasteiger partial charge is 0.524 e. The van der Waals surface area contributed by atoms with Crippen LogP contribution in [0.1, 0.15) is 36.7 Å². The Bertz CT molecular complexity index is 608. The maximum atomic E-state index is 12.0. The van der Waals surface area contributed by atoms with Gasteiger partial charge in [0.2, 0.25) is 0 Å². The summed E-state index contributed by atoms with van der Waals surface area (Å²) in [6.07, 6.45) is 0. The highest BCUT2D eigenvalue weighted by atomic mass is 31.2. The van der Waals surface area contributed by atoms with Crippen molar-refractivity contribution >= 4 is 19.7 Å². The lowest BCUT2D eigenvalue weighted by Gasteiger charge is -2.15. The molecular weight excluding hydrogens is 313 g/mol. The van der Waals surface area contributed by atoms with Gasteiger partial charge < -0.3 is 14.6 Å². The molecule has 0 saturated carbocycles. The van der Waals surface area contributed by atoms with Crippen LogP contribution in [0.3, 0.4) is 0 Å². The Labute approximate surface area is 127 Å². The number of phosphoric ester groups is 1. The van der Waals surface area contributed by atoms with E-state index in [0.29, 0.717) is 5.56 Å². The molecule has 1 amide bonds. The number of hydrogen-bond donors (Lipinski definition) is 3. The molecular formula is C13H18NO7P. The number of hydrogen-bond acceptors (Lipinski definition) is 5. The minimum absolute atomic E-state index is 0.0244. The van der Waals surface area contributed by atoms with E-state index in [2.05, 4.69) is 9.84 Å². The van der Waals surface area contributed by atoms with Crippen LogP contribution in [0.15, 0.2) is 18.2 Å². The quantitative estimate of drug-likeness (QED) is 0.531. The van der Waals surface area contributed by atoms with Crippen LogP contribution in [0.4, 0.5) is 0 Å². The second-order valence-corrected chi connectivity index (χ2v) is 5.98. The standard InChI is InChI=1S/C13H18NO7P/c1-8(2)14-13(16)11-5-4-10(7-20-9(3)15)6-12(11)21-22(17,18)19/h4-6,8H,7H2,1-3H3,(H,14,16)(H2,17,18,19). The predicted octanol–water partition coefficient (Wildman–Crippen LogP) is 1.36. The van der Waals surface area contributed by atoms with Gasteiger partial charge in [-0.05, 0) is 31.5 Å². The molecule has 1 aromatic rings. The molecule has 0 radical (unpaired) electrons. The third kappa shape index (κ3) is 6.26. The van der Waals surface area contributed by atoms with Gasteiger partial charge in [-0.25, -0.2) is 4.57 Å². The molecule has 0 fully saturated rings. The van der Waals surface area contributed by atoms with E-state index in [1.165, 1.54) is 25.1 Å². The van der Waals surface area contributed by atoms with Crippen molar-refractivity contribution in [1.29, 1.82) is 0 Å². The van der Waals surface area contributed by atoms with E-state index in [9.17, 15) is 14.2 Å². The Balaban J connectivity index is 3.11. The number of nitrogens with one attached hydrogen (secondary N) is 1. The van der Waals surface area contributed by atoms with Gasteiger partial charge in [0.1, 0.15) is 12.4 Å². The van der Waals surface area contributed by atoms with Crippen LogP contribution >= 0.6 is 7.82 Å². The molecule has 0 heterocycles. The van der Waals surface area contributed by atoms with Gasteiger partial charge in [0.15, 0.2) is 0 Å². The maximum absolute atomic E-state index is 12.0. The fourth-order valence-electron chi connectivity index (χ4n) is 1.57. The van der Waals surface area contributed by atoms with Crippen molar-refractivity contribution in [2.24, 2.45) is 0 Å². The molecule has 0 aliphatic rings. The first-order valence-corrected chi connectivity index (χ1v) is 7.94. The summed E-state index contributed by atoms with van der Waals surface area (Å²) in [6, 6.07) is 3.94. The van der Waals surface area contributed by atoms with Crippen LogP contribution in [0.5, 0.6) is 5.75 Å². The van der Waals surface area contributed by atoms with Gasteiger partial charge in [0.25, 0.3) is 5.91 Å². The first-order valence-electron chi connectivity index (χ1n) is 6.41. The summed E-state index contributed by atoms with van der Waals surface area (Å²) in [4.78, 5) is 40.7. The summed E-state index contributed by atoms with van der Waals surface area (Å²) in [5, 5.41) is 2.60. The van der Waals surface area contributed by atoms with Crippen molar-refractivity contribution in [3.05, 3.63) is 29.3 Å². The van der Waals surface area contributed by atoms with Crippen molar-refractivity contribution < 1.29 is 33.2 Å². The van der Waals surface area contributed by atoms with E-state index in [0.717, 1.165) is 0 Å². The van der Waals surface area contributed by atoms with Crippen LogP contribution in [-0.2, 0) is 20.7 Å². The summed E-state index contributed by atoms with van der Waals surface area (Å²) >= 11 is 0. The number of rotatable bonds is 6. The Kier molecular flexibility index (Phi) is 6.11. The van der Waals surface area contributed by atoms with Gasteiger partial charge in [0, 0.05) is 13.0 Å². The zero-order chi connectivity index (χ0) is 16.9. The van der Waals surface area contributed by atoms with E-state index in [1.54, 1.807) is 13.8 Å². The third-order valence-electron chi connectivity index (χ3n) is 2.37. The van der Waals surface area contributed by atoms with Crippen molar-refractivity contribution in [1.82, 2.24) is 5.32 Å². The number of amides is 1.